The molecule has 1 rings (SSSR count). The number of rotatable bonds is 4. The van der Waals surface area contributed by atoms with Gasteiger partial charge in [0.25, 0.3) is 0 Å². The first-order chi connectivity index (χ1) is 6.22. The van der Waals surface area contributed by atoms with Crippen LogP contribution in [0.25, 0.3) is 0 Å². The predicted octanol–water partition coefficient (Wildman–Crippen LogP) is 1.70. The third-order valence-corrected chi connectivity index (χ3v) is 2.78. The zero-order chi connectivity index (χ0) is 9.68. The molecule has 0 amide bonds. The Hall–Kier alpha value is -0.0800. The Morgan fingerprint density at radius 1 is 1.31 bits per heavy atom. The SMILES string of the molecule is C[C](C)CN1CCC(CCO)CC1. The molecule has 0 spiro atoms. The van der Waals surface area contributed by atoms with Gasteiger partial charge >= 0.3 is 0 Å². The van der Waals surface area contributed by atoms with Gasteiger partial charge in [0, 0.05) is 13.2 Å². The van der Waals surface area contributed by atoms with Crippen molar-refractivity contribution in [2.45, 2.75) is 33.1 Å². The fourth-order valence-electron chi connectivity index (χ4n) is 2.06. The molecule has 1 saturated heterocycles. The van der Waals surface area contributed by atoms with E-state index in [1.54, 1.807) is 0 Å². The Balaban J connectivity index is 2.15. The van der Waals surface area contributed by atoms with Crippen LogP contribution in [0.5, 0.6) is 0 Å². The number of aliphatic hydroxyl groups excluding tert-OH is 1. The first-order valence-corrected chi connectivity index (χ1v) is 5.34. The second-order valence-electron chi connectivity index (χ2n) is 4.44. The molecule has 2 nitrogen and oxygen atoms in total. The minimum absolute atomic E-state index is 0.365. The van der Waals surface area contributed by atoms with Crippen molar-refractivity contribution >= 4 is 0 Å². The van der Waals surface area contributed by atoms with Crippen LogP contribution in [-0.2, 0) is 0 Å². The average molecular weight is 184 g/mol. The lowest BCUT2D eigenvalue weighted by atomic mass is 9.93. The zero-order valence-electron chi connectivity index (χ0n) is 8.92. The number of hydrogen-bond acceptors (Lipinski definition) is 2. The summed E-state index contributed by atoms with van der Waals surface area (Å²) in [6, 6.07) is 0. The molecule has 2 heteroatoms. The van der Waals surface area contributed by atoms with Crippen molar-refractivity contribution in [2.24, 2.45) is 5.92 Å². The number of hydrogen-bond donors (Lipinski definition) is 1. The first-order valence-electron chi connectivity index (χ1n) is 5.34. The fourth-order valence-corrected chi connectivity index (χ4v) is 2.06. The third-order valence-electron chi connectivity index (χ3n) is 2.78. The van der Waals surface area contributed by atoms with Crippen molar-refractivity contribution in [2.75, 3.05) is 26.2 Å². The number of nitrogens with zero attached hydrogens (tertiary/aromatic N) is 1. The van der Waals surface area contributed by atoms with Gasteiger partial charge in [0.15, 0.2) is 0 Å². The normalized spacial score (nSPS) is 21.2. The zero-order valence-corrected chi connectivity index (χ0v) is 8.92. The lowest BCUT2D eigenvalue weighted by Crippen LogP contribution is -2.35. The van der Waals surface area contributed by atoms with Crippen LogP contribution in [0.4, 0.5) is 0 Å². The number of piperidine rings is 1. The summed E-state index contributed by atoms with van der Waals surface area (Å²) in [7, 11) is 0. The summed E-state index contributed by atoms with van der Waals surface area (Å²) in [4.78, 5) is 2.52. The van der Waals surface area contributed by atoms with E-state index in [4.69, 9.17) is 5.11 Å². The molecule has 1 heterocycles. The highest BCUT2D eigenvalue weighted by molar-refractivity contribution is 4.84. The van der Waals surface area contributed by atoms with Crippen LogP contribution in [0.3, 0.4) is 0 Å². The summed E-state index contributed by atoms with van der Waals surface area (Å²) in [5, 5.41) is 8.81. The minimum Gasteiger partial charge on any atom is -0.396 e. The van der Waals surface area contributed by atoms with Crippen LogP contribution in [0.15, 0.2) is 0 Å². The molecule has 0 aliphatic carbocycles. The standard InChI is InChI=1S/C11H22NO/c1-10(2)9-12-6-3-11(4-7-12)5-8-13/h11,13H,3-9H2,1-2H3. The van der Waals surface area contributed by atoms with Gasteiger partial charge in [-0.15, -0.1) is 0 Å². The number of aliphatic hydroxyl groups is 1. The van der Waals surface area contributed by atoms with Gasteiger partial charge in [0.2, 0.25) is 0 Å². The maximum Gasteiger partial charge on any atom is 0.0433 e. The molecule has 1 aliphatic heterocycles. The molecule has 1 radical (unpaired) electrons. The van der Waals surface area contributed by atoms with Crippen molar-refractivity contribution in [1.29, 1.82) is 0 Å². The van der Waals surface area contributed by atoms with Crippen LogP contribution < -0.4 is 0 Å². The second-order valence-corrected chi connectivity index (χ2v) is 4.44. The Morgan fingerprint density at radius 2 is 1.92 bits per heavy atom. The quantitative estimate of drug-likeness (QED) is 0.719. The second kappa shape index (κ2) is 5.61. The highest BCUT2D eigenvalue weighted by Crippen LogP contribution is 2.20. The van der Waals surface area contributed by atoms with Gasteiger partial charge in [-0.2, -0.15) is 0 Å². The van der Waals surface area contributed by atoms with Gasteiger partial charge < -0.3 is 10.0 Å². The Labute approximate surface area is 81.9 Å². The lowest BCUT2D eigenvalue weighted by Gasteiger charge is -2.32. The summed E-state index contributed by atoms with van der Waals surface area (Å²) in [5.41, 5.74) is 0. The molecule has 0 aromatic rings. The summed E-state index contributed by atoms with van der Waals surface area (Å²) < 4.78 is 0. The van der Waals surface area contributed by atoms with Gasteiger partial charge in [0.1, 0.15) is 0 Å². The van der Waals surface area contributed by atoms with Crippen molar-refractivity contribution in [1.82, 2.24) is 4.90 Å². The minimum atomic E-state index is 0.365. The molecule has 77 valence electrons. The van der Waals surface area contributed by atoms with E-state index < -0.39 is 0 Å². The van der Waals surface area contributed by atoms with Gasteiger partial charge in [0.05, 0.1) is 0 Å². The Kier molecular flexibility index (Phi) is 4.74. The van der Waals surface area contributed by atoms with E-state index in [9.17, 15) is 0 Å². The van der Waals surface area contributed by atoms with Gasteiger partial charge in [-0.1, -0.05) is 13.8 Å². The van der Waals surface area contributed by atoms with Crippen LogP contribution in [0.1, 0.15) is 33.1 Å². The number of likely N-dealkylation sites (tertiary alicyclic amines) is 1. The molecule has 0 atom stereocenters. The molecule has 0 saturated carbocycles. The Bertz CT molecular complexity index is 128. The van der Waals surface area contributed by atoms with Crippen LogP contribution >= 0.6 is 0 Å². The molecule has 0 aromatic heterocycles. The molecule has 0 unspecified atom stereocenters. The van der Waals surface area contributed by atoms with E-state index >= 15 is 0 Å². The molecule has 1 aliphatic rings. The van der Waals surface area contributed by atoms with E-state index in [1.165, 1.54) is 31.8 Å². The lowest BCUT2D eigenvalue weighted by molar-refractivity contribution is 0.163. The molecule has 13 heavy (non-hydrogen) atoms. The summed E-state index contributed by atoms with van der Waals surface area (Å²) in [6.07, 6.45) is 3.55. The average Bonchev–Trinajstić information content (AvgIpc) is 2.08. The van der Waals surface area contributed by atoms with Gasteiger partial charge in [-0.3, -0.25) is 0 Å². The van der Waals surface area contributed by atoms with E-state index in [0.29, 0.717) is 6.61 Å². The topological polar surface area (TPSA) is 23.5 Å². The monoisotopic (exact) mass is 184 g/mol. The van der Waals surface area contributed by atoms with E-state index in [-0.39, 0.29) is 0 Å². The van der Waals surface area contributed by atoms with Crippen LogP contribution in [-0.4, -0.2) is 36.2 Å². The molecular weight excluding hydrogens is 162 g/mol. The van der Waals surface area contributed by atoms with Crippen LogP contribution in [0, 0.1) is 11.8 Å². The maximum absolute atomic E-state index is 8.81. The molecule has 1 N–H and O–H groups in total. The van der Waals surface area contributed by atoms with Crippen LogP contribution in [0.2, 0.25) is 0 Å². The smallest absolute Gasteiger partial charge is 0.0433 e. The van der Waals surface area contributed by atoms with Crippen molar-refractivity contribution in [3.05, 3.63) is 5.92 Å². The molecule has 0 aromatic carbocycles. The maximum atomic E-state index is 8.81. The first kappa shape index (κ1) is 11.0. The third kappa shape index (κ3) is 4.10. The summed E-state index contributed by atoms with van der Waals surface area (Å²) in [6.45, 7) is 8.35. The van der Waals surface area contributed by atoms with Gasteiger partial charge in [-0.25, -0.2) is 0 Å². The predicted molar refractivity (Wildman–Crippen MR) is 55.5 cm³/mol. The highest BCUT2D eigenvalue weighted by Gasteiger charge is 2.18. The summed E-state index contributed by atoms with van der Waals surface area (Å²) >= 11 is 0. The van der Waals surface area contributed by atoms with Crippen molar-refractivity contribution < 1.29 is 5.11 Å². The molecule has 1 fully saturated rings. The van der Waals surface area contributed by atoms with E-state index in [0.717, 1.165) is 18.9 Å². The molecule has 0 bridgehead atoms. The van der Waals surface area contributed by atoms with Crippen molar-refractivity contribution in [3.8, 4) is 0 Å². The van der Waals surface area contributed by atoms with Crippen molar-refractivity contribution in [3.63, 3.8) is 0 Å². The Morgan fingerprint density at radius 3 is 2.38 bits per heavy atom. The fraction of sp³-hybridized carbons (Fsp3) is 0.909. The molecular formula is C11H22NO. The highest BCUT2D eigenvalue weighted by atomic mass is 16.3. The summed E-state index contributed by atoms with van der Waals surface area (Å²) in [5.74, 6) is 2.28. The largest absolute Gasteiger partial charge is 0.396 e. The van der Waals surface area contributed by atoms with Gasteiger partial charge in [-0.05, 0) is 44.2 Å². The van der Waals surface area contributed by atoms with E-state index in [2.05, 4.69) is 18.7 Å². The van der Waals surface area contributed by atoms with E-state index in [1.807, 2.05) is 0 Å².